The average molecular weight is 283 g/mol. The number of hydrogen-bond donors (Lipinski definition) is 1. The lowest BCUT2D eigenvalue weighted by molar-refractivity contribution is 0.646. The lowest BCUT2D eigenvalue weighted by Gasteiger charge is -2.10. The SMILES string of the molecule is CC(C)c1ccc(-c2nc(C(C)C)n(C3CC3)c2N)cc1. The number of hydrogen-bond acceptors (Lipinski definition) is 2. The second-order valence-corrected chi connectivity index (χ2v) is 6.74. The lowest BCUT2D eigenvalue weighted by Crippen LogP contribution is -2.06. The van der Waals surface area contributed by atoms with Crippen LogP contribution in [-0.4, -0.2) is 9.55 Å². The molecule has 1 aliphatic rings. The first-order valence-corrected chi connectivity index (χ1v) is 7.97. The van der Waals surface area contributed by atoms with E-state index in [2.05, 4.69) is 56.5 Å². The molecule has 1 aromatic carbocycles. The molecule has 1 aliphatic carbocycles. The van der Waals surface area contributed by atoms with Crippen LogP contribution in [0.1, 0.15) is 69.8 Å². The van der Waals surface area contributed by atoms with Crippen LogP contribution in [0, 0.1) is 0 Å². The molecule has 0 amide bonds. The van der Waals surface area contributed by atoms with E-state index in [1.54, 1.807) is 0 Å². The molecule has 1 saturated carbocycles. The molecule has 3 rings (SSSR count). The van der Waals surface area contributed by atoms with Gasteiger partial charge in [0.1, 0.15) is 17.3 Å². The van der Waals surface area contributed by atoms with E-state index in [0.29, 0.717) is 17.9 Å². The molecule has 21 heavy (non-hydrogen) atoms. The summed E-state index contributed by atoms with van der Waals surface area (Å²) in [5, 5.41) is 0. The van der Waals surface area contributed by atoms with Gasteiger partial charge in [0.2, 0.25) is 0 Å². The smallest absolute Gasteiger partial charge is 0.132 e. The van der Waals surface area contributed by atoms with Crippen molar-refractivity contribution >= 4 is 5.82 Å². The normalized spacial score (nSPS) is 15.1. The van der Waals surface area contributed by atoms with Crippen molar-refractivity contribution in [1.82, 2.24) is 9.55 Å². The average Bonchev–Trinajstić information content (AvgIpc) is 3.22. The Morgan fingerprint density at radius 2 is 1.67 bits per heavy atom. The molecule has 2 N–H and O–H groups in total. The van der Waals surface area contributed by atoms with Crippen LogP contribution in [0.25, 0.3) is 11.3 Å². The molecule has 1 aromatic heterocycles. The fraction of sp³-hybridized carbons (Fsp3) is 0.500. The standard InChI is InChI=1S/C18H25N3/c1-11(2)13-5-7-14(8-6-13)16-17(19)21(15-9-10-15)18(20-16)12(3)4/h5-8,11-12,15H,9-10,19H2,1-4H3. The molecule has 1 fully saturated rings. The molecule has 0 atom stereocenters. The summed E-state index contributed by atoms with van der Waals surface area (Å²) in [7, 11) is 0. The molecular weight excluding hydrogens is 258 g/mol. The van der Waals surface area contributed by atoms with Gasteiger partial charge in [-0.1, -0.05) is 52.0 Å². The third-order valence-electron chi connectivity index (χ3n) is 4.25. The van der Waals surface area contributed by atoms with Crippen molar-refractivity contribution in [2.45, 2.75) is 58.4 Å². The van der Waals surface area contributed by atoms with Gasteiger partial charge in [-0.05, 0) is 24.3 Å². The maximum absolute atomic E-state index is 6.41. The molecule has 112 valence electrons. The zero-order valence-electron chi connectivity index (χ0n) is 13.4. The highest BCUT2D eigenvalue weighted by Gasteiger charge is 2.30. The van der Waals surface area contributed by atoms with E-state index in [1.807, 2.05) is 0 Å². The van der Waals surface area contributed by atoms with Crippen LogP contribution in [0.15, 0.2) is 24.3 Å². The molecule has 3 heteroatoms. The number of aromatic nitrogens is 2. The van der Waals surface area contributed by atoms with Crippen LogP contribution in [0.2, 0.25) is 0 Å². The van der Waals surface area contributed by atoms with Crippen molar-refractivity contribution in [3.8, 4) is 11.3 Å². The van der Waals surface area contributed by atoms with Crippen LogP contribution in [0.5, 0.6) is 0 Å². The molecule has 2 aromatic rings. The molecule has 1 heterocycles. The highest BCUT2D eigenvalue weighted by atomic mass is 15.2. The van der Waals surface area contributed by atoms with E-state index >= 15 is 0 Å². The molecule has 0 aliphatic heterocycles. The molecular formula is C18H25N3. The van der Waals surface area contributed by atoms with Crippen molar-refractivity contribution in [3.63, 3.8) is 0 Å². The Balaban J connectivity index is 2.04. The topological polar surface area (TPSA) is 43.8 Å². The van der Waals surface area contributed by atoms with Gasteiger partial charge in [0.05, 0.1) is 0 Å². The van der Waals surface area contributed by atoms with E-state index in [1.165, 1.54) is 18.4 Å². The van der Waals surface area contributed by atoms with Crippen LogP contribution in [0.4, 0.5) is 5.82 Å². The summed E-state index contributed by atoms with van der Waals surface area (Å²) < 4.78 is 2.26. The fourth-order valence-electron chi connectivity index (χ4n) is 2.83. The second kappa shape index (κ2) is 5.21. The highest BCUT2D eigenvalue weighted by molar-refractivity contribution is 5.71. The number of benzene rings is 1. The number of nitrogen functional groups attached to an aromatic ring is 1. The highest BCUT2D eigenvalue weighted by Crippen LogP contribution is 2.42. The van der Waals surface area contributed by atoms with Crippen LogP contribution in [0.3, 0.4) is 0 Å². The third kappa shape index (κ3) is 2.57. The lowest BCUT2D eigenvalue weighted by atomic mass is 10.0. The van der Waals surface area contributed by atoms with E-state index in [-0.39, 0.29) is 0 Å². The zero-order valence-corrected chi connectivity index (χ0v) is 13.4. The van der Waals surface area contributed by atoms with E-state index in [0.717, 1.165) is 22.9 Å². The Morgan fingerprint density at radius 3 is 2.14 bits per heavy atom. The Morgan fingerprint density at radius 1 is 1.05 bits per heavy atom. The summed E-state index contributed by atoms with van der Waals surface area (Å²) in [5.74, 6) is 2.90. The largest absolute Gasteiger partial charge is 0.383 e. The predicted octanol–water partition coefficient (Wildman–Crippen LogP) is 4.71. The van der Waals surface area contributed by atoms with Gasteiger partial charge in [-0.15, -0.1) is 0 Å². The Kier molecular flexibility index (Phi) is 3.52. The van der Waals surface area contributed by atoms with Crippen LogP contribution in [-0.2, 0) is 0 Å². The first kappa shape index (κ1) is 14.2. The monoisotopic (exact) mass is 283 g/mol. The summed E-state index contributed by atoms with van der Waals surface area (Å²) in [4.78, 5) is 4.85. The van der Waals surface area contributed by atoms with Gasteiger partial charge in [0, 0.05) is 17.5 Å². The van der Waals surface area contributed by atoms with Crippen molar-refractivity contribution in [3.05, 3.63) is 35.7 Å². The molecule has 0 bridgehead atoms. The Labute approximate surface area is 127 Å². The number of nitrogens with zero attached hydrogens (tertiary/aromatic N) is 2. The summed E-state index contributed by atoms with van der Waals surface area (Å²) in [6.07, 6.45) is 2.46. The molecule has 0 unspecified atom stereocenters. The number of anilines is 1. The summed E-state index contributed by atoms with van der Waals surface area (Å²) in [6, 6.07) is 9.23. The third-order valence-corrected chi connectivity index (χ3v) is 4.25. The minimum Gasteiger partial charge on any atom is -0.383 e. The fourth-order valence-corrected chi connectivity index (χ4v) is 2.83. The van der Waals surface area contributed by atoms with E-state index in [9.17, 15) is 0 Å². The van der Waals surface area contributed by atoms with Gasteiger partial charge < -0.3 is 10.3 Å². The molecule has 0 spiro atoms. The van der Waals surface area contributed by atoms with Gasteiger partial charge in [-0.2, -0.15) is 0 Å². The first-order chi connectivity index (χ1) is 9.99. The quantitative estimate of drug-likeness (QED) is 0.882. The summed E-state index contributed by atoms with van der Waals surface area (Å²) >= 11 is 0. The van der Waals surface area contributed by atoms with Crippen molar-refractivity contribution in [2.24, 2.45) is 0 Å². The van der Waals surface area contributed by atoms with E-state index in [4.69, 9.17) is 10.7 Å². The van der Waals surface area contributed by atoms with E-state index < -0.39 is 0 Å². The van der Waals surface area contributed by atoms with Crippen LogP contribution >= 0.6 is 0 Å². The van der Waals surface area contributed by atoms with Gasteiger partial charge in [-0.25, -0.2) is 4.98 Å². The summed E-state index contributed by atoms with van der Waals surface area (Å²) in [6.45, 7) is 8.79. The summed E-state index contributed by atoms with van der Waals surface area (Å²) in [5.41, 5.74) is 9.83. The van der Waals surface area contributed by atoms with Gasteiger partial charge in [0.25, 0.3) is 0 Å². The van der Waals surface area contributed by atoms with Gasteiger partial charge >= 0.3 is 0 Å². The van der Waals surface area contributed by atoms with Crippen molar-refractivity contribution in [1.29, 1.82) is 0 Å². The minimum atomic E-state index is 0.400. The minimum absolute atomic E-state index is 0.400. The second-order valence-electron chi connectivity index (χ2n) is 6.74. The maximum atomic E-state index is 6.41. The zero-order chi connectivity index (χ0) is 15.1. The molecule has 0 saturated heterocycles. The number of rotatable bonds is 4. The molecule has 3 nitrogen and oxygen atoms in total. The van der Waals surface area contributed by atoms with Crippen LogP contribution < -0.4 is 5.73 Å². The first-order valence-electron chi connectivity index (χ1n) is 7.97. The number of nitrogens with two attached hydrogens (primary N) is 1. The Hall–Kier alpha value is -1.77. The maximum Gasteiger partial charge on any atom is 0.132 e. The Bertz CT molecular complexity index is 631. The van der Waals surface area contributed by atoms with Crippen molar-refractivity contribution in [2.75, 3.05) is 5.73 Å². The molecule has 0 radical (unpaired) electrons. The van der Waals surface area contributed by atoms with Crippen molar-refractivity contribution < 1.29 is 0 Å². The van der Waals surface area contributed by atoms with Gasteiger partial charge in [-0.3, -0.25) is 0 Å². The number of imidazole rings is 1. The predicted molar refractivity (Wildman–Crippen MR) is 88.5 cm³/mol. The van der Waals surface area contributed by atoms with Gasteiger partial charge in [0.15, 0.2) is 0 Å².